The van der Waals surface area contributed by atoms with Crippen LogP contribution in [-0.2, 0) is 0 Å². The predicted molar refractivity (Wildman–Crippen MR) is 45.7 cm³/mol. The highest BCUT2D eigenvalue weighted by molar-refractivity contribution is 6.73. The summed E-state index contributed by atoms with van der Waals surface area (Å²) in [6.07, 6.45) is 0. The average Bonchev–Trinajstić information content (AvgIpc) is 1.79. The first-order chi connectivity index (χ1) is 5.98. The quantitative estimate of drug-likeness (QED) is 0.499. The van der Waals surface area contributed by atoms with Crippen molar-refractivity contribution in [3.8, 4) is 0 Å². The number of hydrogen-bond donors (Lipinski definition) is 0. The molecule has 0 unspecified atom stereocenters. The van der Waals surface area contributed by atoms with Crippen LogP contribution in [0.5, 0.6) is 0 Å². The third-order valence-corrected chi connectivity index (χ3v) is 1.92. The molecule has 0 bridgehead atoms. The molecule has 0 saturated carbocycles. The Morgan fingerprint density at radius 2 is 1.21 bits per heavy atom. The molecule has 0 atom stereocenters. The van der Waals surface area contributed by atoms with Crippen molar-refractivity contribution in [2.45, 2.75) is 20.8 Å². The molecule has 0 saturated heterocycles. The molecule has 0 aliphatic rings. The van der Waals surface area contributed by atoms with Gasteiger partial charge in [-0.15, -0.1) is 0 Å². The second-order valence-electron chi connectivity index (χ2n) is 3.44. The summed E-state index contributed by atoms with van der Waals surface area (Å²) in [5, 5.41) is 0. The molecule has 0 amide bonds. The van der Waals surface area contributed by atoms with Gasteiger partial charge in [-0.1, -0.05) is 26.7 Å². The number of halogens is 6. The Morgan fingerprint density at radius 3 is 1.29 bits per heavy atom. The Balaban J connectivity index is 5.41. The van der Waals surface area contributed by atoms with E-state index in [-0.39, 0.29) is 0 Å². The first kappa shape index (κ1) is 13.4. The number of rotatable bonds is 3. The Kier molecular flexibility index (Phi) is 3.75. The van der Waals surface area contributed by atoms with Crippen LogP contribution in [0, 0.1) is 5.92 Å². The molecule has 0 N–H and O–H groups in total. The molecule has 14 heavy (non-hydrogen) atoms. The van der Waals surface area contributed by atoms with Gasteiger partial charge in [0.1, 0.15) is 0 Å². The molecule has 0 aliphatic carbocycles. The largest absolute Gasteiger partial charge is 0.502 e. The van der Waals surface area contributed by atoms with Gasteiger partial charge < -0.3 is 25.9 Å². The molecule has 0 heterocycles. The maximum Gasteiger partial charge on any atom is 0.502 e. The van der Waals surface area contributed by atoms with Gasteiger partial charge in [0.05, 0.1) is 0 Å². The zero-order valence-electron chi connectivity index (χ0n) is 8.00. The van der Waals surface area contributed by atoms with E-state index >= 15 is 0 Å². The minimum atomic E-state index is -5.56. The third-order valence-electron chi connectivity index (χ3n) is 1.92. The zero-order valence-corrected chi connectivity index (χ0v) is 8.00. The molecule has 0 spiro atoms. The van der Waals surface area contributed by atoms with Gasteiger partial charge in [-0.3, -0.25) is 0 Å². The standard InChI is InChI=1S/C6H10B2F6/c1-4(2)6(8(12,13)14)5(3)7(9,10)11/h4H,1-3H3/q-2/b6-5-. The lowest BCUT2D eigenvalue weighted by Crippen LogP contribution is -2.31. The molecule has 0 aliphatic heterocycles. The van der Waals surface area contributed by atoms with E-state index in [1.807, 2.05) is 0 Å². The monoisotopic (exact) mass is 218 g/mol. The Hall–Kier alpha value is -0.550. The summed E-state index contributed by atoms with van der Waals surface area (Å²) < 4.78 is 73.1. The molecule has 84 valence electrons. The van der Waals surface area contributed by atoms with Crippen molar-refractivity contribution in [3.05, 3.63) is 10.9 Å². The lowest BCUT2D eigenvalue weighted by atomic mass is 9.62. The predicted octanol–water partition coefficient (Wildman–Crippen LogP) is 3.73. The van der Waals surface area contributed by atoms with Gasteiger partial charge in [0.25, 0.3) is 0 Å². The summed E-state index contributed by atoms with van der Waals surface area (Å²) >= 11 is 0. The van der Waals surface area contributed by atoms with Gasteiger partial charge in [0, 0.05) is 0 Å². The second-order valence-corrected chi connectivity index (χ2v) is 3.44. The molecule has 0 radical (unpaired) electrons. The average molecular weight is 218 g/mol. The van der Waals surface area contributed by atoms with Crippen LogP contribution in [0.1, 0.15) is 20.8 Å². The molecule has 0 nitrogen and oxygen atoms in total. The SMILES string of the molecule is C/C(=C(\C(C)C)[B-](F)(F)F)[B-](F)(F)F. The minimum absolute atomic E-state index is 0.491. The fraction of sp³-hybridized carbons (Fsp3) is 0.667. The second kappa shape index (κ2) is 3.90. The van der Waals surface area contributed by atoms with Crippen LogP contribution in [-0.4, -0.2) is 14.0 Å². The first-order valence-electron chi connectivity index (χ1n) is 4.08. The minimum Gasteiger partial charge on any atom is -0.445 e. The van der Waals surface area contributed by atoms with Crippen molar-refractivity contribution in [1.82, 2.24) is 0 Å². The summed E-state index contributed by atoms with van der Waals surface area (Å²) in [5.74, 6) is -1.15. The number of hydrogen-bond acceptors (Lipinski definition) is 0. The summed E-state index contributed by atoms with van der Waals surface area (Å²) in [6.45, 7) is -8.39. The van der Waals surface area contributed by atoms with Crippen molar-refractivity contribution in [1.29, 1.82) is 0 Å². The first-order valence-corrected chi connectivity index (χ1v) is 4.08. The Morgan fingerprint density at radius 1 is 0.857 bits per heavy atom. The van der Waals surface area contributed by atoms with Gasteiger partial charge in [-0.05, 0) is 0 Å². The highest BCUT2D eigenvalue weighted by Gasteiger charge is 2.36. The van der Waals surface area contributed by atoms with E-state index in [4.69, 9.17) is 0 Å². The molecule has 0 aromatic carbocycles. The van der Waals surface area contributed by atoms with Crippen LogP contribution in [0.2, 0.25) is 0 Å². The Bertz CT molecular complexity index is 236. The van der Waals surface area contributed by atoms with Gasteiger partial charge in [0.2, 0.25) is 0 Å². The van der Waals surface area contributed by atoms with Crippen LogP contribution < -0.4 is 0 Å². The molecule has 8 heteroatoms. The van der Waals surface area contributed by atoms with Crippen molar-refractivity contribution in [2.24, 2.45) is 5.92 Å². The van der Waals surface area contributed by atoms with E-state index in [0.717, 1.165) is 13.8 Å². The van der Waals surface area contributed by atoms with E-state index in [9.17, 15) is 25.9 Å². The summed E-state index contributed by atoms with van der Waals surface area (Å²) in [4.78, 5) is 0. The lowest BCUT2D eigenvalue weighted by molar-refractivity contribution is 0.463. The summed E-state index contributed by atoms with van der Waals surface area (Å²) in [5.41, 5.74) is -2.90. The lowest BCUT2D eigenvalue weighted by Gasteiger charge is -2.31. The van der Waals surface area contributed by atoms with E-state index < -0.39 is 30.8 Å². The normalized spacial score (nSPS) is 15.9. The van der Waals surface area contributed by atoms with Crippen LogP contribution in [0.25, 0.3) is 0 Å². The number of allylic oxidation sites excluding steroid dienone is 2. The molecule has 0 rings (SSSR count). The van der Waals surface area contributed by atoms with Gasteiger partial charge >= 0.3 is 14.0 Å². The molecule has 0 aromatic heterocycles. The summed E-state index contributed by atoms with van der Waals surface area (Å²) in [7, 11) is 0. The highest BCUT2D eigenvalue weighted by Crippen LogP contribution is 2.34. The van der Waals surface area contributed by atoms with Crippen molar-refractivity contribution < 1.29 is 25.9 Å². The fourth-order valence-electron chi connectivity index (χ4n) is 1.28. The van der Waals surface area contributed by atoms with E-state index in [2.05, 4.69) is 0 Å². The molecular formula is C6H10B2F6-2. The van der Waals surface area contributed by atoms with Gasteiger partial charge in [0.15, 0.2) is 0 Å². The summed E-state index contributed by atoms with van der Waals surface area (Å²) in [6, 6.07) is 0. The maximum atomic E-state index is 12.3. The van der Waals surface area contributed by atoms with E-state index in [1.54, 1.807) is 0 Å². The van der Waals surface area contributed by atoms with Crippen LogP contribution in [0.3, 0.4) is 0 Å². The van der Waals surface area contributed by atoms with Gasteiger partial charge in [-0.2, -0.15) is 10.9 Å². The van der Waals surface area contributed by atoms with E-state index in [1.165, 1.54) is 0 Å². The topological polar surface area (TPSA) is 0 Å². The smallest absolute Gasteiger partial charge is 0.445 e. The third kappa shape index (κ3) is 3.31. The van der Waals surface area contributed by atoms with Crippen molar-refractivity contribution in [2.75, 3.05) is 0 Å². The maximum absolute atomic E-state index is 12.3. The van der Waals surface area contributed by atoms with E-state index in [0.29, 0.717) is 6.92 Å². The van der Waals surface area contributed by atoms with Crippen LogP contribution >= 0.6 is 0 Å². The zero-order chi connectivity index (χ0) is 11.7. The molecule has 0 aromatic rings. The Labute approximate surface area is 78.5 Å². The fourth-order valence-corrected chi connectivity index (χ4v) is 1.28. The molecular weight excluding hydrogens is 208 g/mol. The van der Waals surface area contributed by atoms with Crippen LogP contribution in [0.15, 0.2) is 10.9 Å². The highest BCUT2D eigenvalue weighted by atomic mass is 19.4. The van der Waals surface area contributed by atoms with Crippen molar-refractivity contribution in [3.63, 3.8) is 0 Å². The van der Waals surface area contributed by atoms with Gasteiger partial charge in [-0.25, -0.2) is 0 Å². The van der Waals surface area contributed by atoms with Crippen molar-refractivity contribution >= 4 is 14.0 Å². The van der Waals surface area contributed by atoms with Crippen LogP contribution in [0.4, 0.5) is 25.9 Å². The molecule has 0 fully saturated rings.